The van der Waals surface area contributed by atoms with Crippen molar-refractivity contribution in [3.8, 4) is 0 Å². The molecule has 0 radical (unpaired) electrons. The van der Waals surface area contributed by atoms with Gasteiger partial charge in [0.15, 0.2) is 0 Å². The Morgan fingerprint density at radius 3 is 2.50 bits per heavy atom. The molecule has 0 aliphatic rings. The Kier molecular flexibility index (Phi) is 6.18. The Morgan fingerprint density at radius 1 is 1.50 bits per heavy atom. The zero-order valence-electron chi connectivity index (χ0n) is 8.09. The van der Waals surface area contributed by atoms with Gasteiger partial charge in [-0.05, 0) is 0 Å². The van der Waals surface area contributed by atoms with E-state index in [1.54, 1.807) is 6.92 Å². The van der Waals surface area contributed by atoms with Crippen molar-refractivity contribution in [1.82, 2.24) is 0 Å². The van der Waals surface area contributed by atoms with Crippen molar-refractivity contribution in [1.29, 1.82) is 0 Å². The summed E-state index contributed by atoms with van der Waals surface area (Å²) in [5.74, 6) is -0.263. The fourth-order valence-corrected chi connectivity index (χ4v) is 2.27. The zero-order valence-corrected chi connectivity index (χ0v) is 9.97. The number of carbonyl (C=O) groups excluding carboxylic acids is 1. The molecule has 0 atom stereocenters. The van der Waals surface area contributed by atoms with Gasteiger partial charge in [-0.1, -0.05) is 0 Å². The van der Waals surface area contributed by atoms with E-state index in [9.17, 15) is 4.79 Å². The Hall–Kier alpha value is -0.232. The van der Waals surface area contributed by atoms with Crippen LogP contribution in [0.25, 0.3) is 0 Å². The molecule has 0 rings (SSSR count). The van der Waals surface area contributed by atoms with Gasteiger partial charge >= 0.3 is 78.9 Å². The summed E-state index contributed by atoms with van der Waals surface area (Å²) in [4.78, 5) is 10.9. The van der Waals surface area contributed by atoms with Crippen molar-refractivity contribution < 1.29 is 9.53 Å². The molecule has 0 aromatic carbocycles. The summed E-state index contributed by atoms with van der Waals surface area (Å²) in [7, 11) is 0. The van der Waals surface area contributed by atoms with Gasteiger partial charge in [-0.15, -0.1) is 0 Å². The monoisotopic (exact) mass is 232 g/mol. The molecule has 0 bridgehead atoms. The molecule has 70 valence electrons. The van der Waals surface area contributed by atoms with Crippen LogP contribution in [-0.2, 0) is 9.53 Å². The van der Waals surface area contributed by atoms with Crippen LogP contribution in [0, 0.1) is 0 Å². The summed E-state index contributed by atoms with van der Waals surface area (Å²) in [6, 6.07) is 0. The molecular formula is C9H17AsO2. The van der Waals surface area contributed by atoms with E-state index in [0.29, 0.717) is 12.2 Å². The third-order valence-corrected chi connectivity index (χ3v) is 3.87. The summed E-state index contributed by atoms with van der Waals surface area (Å²) in [6.07, 6.45) is 1.01. The first kappa shape index (κ1) is 11.8. The van der Waals surface area contributed by atoms with Gasteiger partial charge < -0.3 is 0 Å². The Morgan fingerprint density at radius 2 is 2.08 bits per heavy atom. The van der Waals surface area contributed by atoms with Crippen molar-refractivity contribution >= 4 is 20.6 Å². The SMILES string of the molecule is C=C(C)C(=O)OCCC[As](C)C. The van der Waals surface area contributed by atoms with Crippen LogP contribution in [0.1, 0.15) is 13.3 Å². The molecule has 0 aliphatic heterocycles. The summed E-state index contributed by atoms with van der Waals surface area (Å²) in [6.45, 7) is 5.72. The van der Waals surface area contributed by atoms with Crippen LogP contribution in [0.4, 0.5) is 0 Å². The molecule has 0 amide bonds. The van der Waals surface area contributed by atoms with Gasteiger partial charge in [-0.3, -0.25) is 0 Å². The molecule has 0 aromatic rings. The minimum absolute atomic E-state index is 0.263. The first-order valence-corrected chi connectivity index (χ1v) is 9.09. The second kappa shape index (κ2) is 6.30. The molecule has 0 unspecified atom stereocenters. The third-order valence-electron chi connectivity index (χ3n) is 1.33. The number of carbonyl (C=O) groups is 1. The normalized spacial score (nSPS) is 10.0. The Balaban J connectivity index is 3.32. The standard InChI is InChI=1S/C9H17AsO2/c1-8(2)9(11)12-7-5-6-10(3)4/h1,5-7H2,2-4H3. The van der Waals surface area contributed by atoms with Gasteiger partial charge in [-0.25, -0.2) is 0 Å². The quantitative estimate of drug-likeness (QED) is 0.314. The molecule has 0 saturated heterocycles. The van der Waals surface area contributed by atoms with Crippen LogP contribution in [0.3, 0.4) is 0 Å². The molecular weight excluding hydrogens is 215 g/mol. The van der Waals surface area contributed by atoms with E-state index >= 15 is 0 Å². The Labute approximate surface area is 79.2 Å². The predicted molar refractivity (Wildman–Crippen MR) is 52.7 cm³/mol. The number of hydrogen-bond acceptors (Lipinski definition) is 2. The molecule has 0 aliphatic carbocycles. The maximum absolute atomic E-state index is 10.9. The van der Waals surface area contributed by atoms with E-state index in [1.165, 1.54) is 5.21 Å². The first-order valence-electron chi connectivity index (χ1n) is 4.01. The van der Waals surface area contributed by atoms with E-state index in [0.717, 1.165) is 6.42 Å². The minimum atomic E-state index is -0.529. The molecule has 12 heavy (non-hydrogen) atoms. The summed E-state index contributed by atoms with van der Waals surface area (Å²) < 4.78 is 4.94. The van der Waals surface area contributed by atoms with Crippen molar-refractivity contribution in [3.63, 3.8) is 0 Å². The zero-order chi connectivity index (χ0) is 9.56. The van der Waals surface area contributed by atoms with Crippen LogP contribution >= 0.6 is 0 Å². The third kappa shape index (κ3) is 6.48. The van der Waals surface area contributed by atoms with Gasteiger partial charge in [0.05, 0.1) is 0 Å². The van der Waals surface area contributed by atoms with Gasteiger partial charge in [0.2, 0.25) is 0 Å². The van der Waals surface area contributed by atoms with Crippen molar-refractivity contribution in [3.05, 3.63) is 12.2 Å². The Bertz CT molecular complexity index is 164. The van der Waals surface area contributed by atoms with Gasteiger partial charge in [0, 0.05) is 0 Å². The van der Waals surface area contributed by atoms with Crippen molar-refractivity contribution in [2.45, 2.75) is 30.0 Å². The fraction of sp³-hybridized carbons (Fsp3) is 0.667. The molecule has 0 aromatic heterocycles. The molecule has 0 N–H and O–H groups in total. The summed E-state index contributed by atoms with van der Waals surface area (Å²) in [5, 5.41) is 1.25. The second-order valence-corrected chi connectivity index (χ2v) is 8.54. The molecule has 2 nitrogen and oxygen atoms in total. The van der Waals surface area contributed by atoms with Gasteiger partial charge in [0.25, 0.3) is 0 Å². The first-order chi connectivity index (χ1) is 5.54. The maximum atomic E-state index is 10.9. The van der Waals surface area contributed by atoms with Crippen molar-refractivity contribution in [2.75, 3.05) is 6.61 Å². The van der Waals surface area contributed by atoms with Crippen LogP contribution in [0.15, 0.2) is 12.2 Å². The van der Waals surface area contributed by atoms with E-state index in [4.69, 9.17) is 4.74 Å². The van der Waals surface area contributed by atoms with E-state index in [-0.39, 0.29) is 5.97 Å². The second-order valence-electron chi connectivity index (χ2n) is 3.07. The topological polar surface area (TPSA) is 26.3 Å². The van der Waals surface area contributed by atoms with Gasteiger partial charge in [0.1, 0.15) is 0 Å². The van der Waals surface area contributed by atoms with Crippen LogP contribution in [0.2, 0.25) is 16.6 Å². The fourth-order valence-electron chi connectivity index (χ4n) is 0.669. The molecule has 0 saturated carbocycles. The number of ether oxygens (including phenoxy) is 1. The van der Waals surface area contributed by atoms with Crippen LogP contribution < -0.4 is 0 Å². The average Bonchev–Trinajstić information content (AvgIpc) is 1.97. The van der Waals surface area contributed by atoms with E-state index < -0.39 is 14.7 Å². The number of rotatable bonds is 5. The summed E-state index contributed by atoms with van der Waals surface area (Å²) >= 11 is -0.529. The average molecular weight is 232 g/mol. The number of hydrogen-bond donors (Lipinski definition) is 0. The molecule has 0 fully saturated rings. The van der Waals surface area contributed by atoms with Crippen LogP contribution in [0.5, 0.6) is 0 Å². The molecule has 3 heteroatoms. The van der Waals surface area contributed by atoms with E-state index in [2.05, 4.69) is 18.0 Å². The summed E-state index contributed by atoms with van der Waals surface area (Å²) in [5.41, 5.74) is 5.08. The molecule has 0 heterocycles. The van der Waals surface area contributed by atoms with Gasteiger partial charge in [-0.2, -0.15) is 0 Å². The van der Waals surface area contributed by atoms with E-state index in [1.807, 2.05) is 0 Å². The predicted octanol–water partition coefficient (Wildman–Crippen LogP) is 2.25. The van der Waals surface area contributed by atoms with Crippen molar-refractivity contribution in [2.24, 2.45) is 0 Å². The number of esters is 1. The van der Waals surface area contributed by atoms with Crippen LogP contribution in [-0.4, -0.2) is 27.2 Å². The molecule has 0 spiro atoms.